The SMILES string of the molecule is CN(CC(=O)Nc1nc(-c2c[nH]c3ccccc23)cs1)S(=O)(=O)c1ccc2c(c1)OCCCO2. The molecule has 0 bridgehead atoms. The Morgan fingerprint density at radius 3 is 2.82 bits per heavy atom. The molecule has 2 aromatic carbocycles. The zero-order valence-corrected chi connectivity index (χ0v) is 19.9. The van der Waals surface area contributed by atoms with E-state index in [4.69, 9.17) is 9.47 Å². The van der Waals surface area contributed by atoms with Crippen LogP contribution in [-0.4, -0.2) is 55.4 Å². The van der Waals surface area contributed by atoms with Crippen molar-refractivity contribution in [3.05, 3.63) is 54.0 Å². The molecule has 9 nitrogen and oxygen atoms in total. The van der Waals surface area contributed by atoms with Crippen LogP contribution in [0.25, 0.3) is 22.2 Å². The van der Waals surface area contributed by atoms with Gasteiger partial charge in [0.1, 0.15) is 0 Å². The lowest BCUT2D eigenvalue weighted by Gasteiger charge is -2.17. The third-order valence-electron chi connectivity index (χ3n) is 5.41. The van der Waals surface area contributed by atoms with Gasteiger partial charge in [-0.05, 0) is 18.2 Å². The Bertz CT molecular complexity index is 1460. The fourth-order valence-corrected chi connectivity index (χ4v) is 5.54. The molecule has 0 radical (unpaired) electrons. The van der Waals surface area contributed by atoms with E-state index in [9.17, 15) is 13.2 Å². The van der Waals surface area contributed by atoms with E-state index in [1.54, 1.807) is 6.07 Å². The summed E-state index contributed by atoms with van der Waals surface area (Å²) in [6, 6.07) is 12.3. The smallest absolute Gasteiger partial charge is 0.243 e. The number of nitrogens with zero attached hydrogens (tertiary/aromatic N) is 2. The number of aromatic nitrogens is 2. The molecule has 0 atom stereocenters. The number of thiazole rings is 1. The van der Waals surface area contributed by atoms with Crippen LogP contribution in [0.5, 0.6) is 11.5 Å². The van der Waals surface area contributed by atoms with E-state index in [0.29, 0.717) is 29.8 Å². The number of fused-ring (bicyclic) bond motifs is 2. The maximum Gasteiger partial charge on any atom is 0.243 e. The molecule has 0 fully saturated rings. The fraction of sp³-hybridized carbons (Fsp3) is 0.217. The van der Waals surface area contributed by atoms with Crippen LogP contribution < -0.4 is 14.8 Å². The highest BCUT2D eigenvalue weighted by Gasteiger charge is 2.25. The van der Waals surface area contributed by atoms with Gasteiger partial charge in [0.2, 0.25) is 15.9 Å². The average molecular weight is 499 g/mol. The Balaban J connectivity index is 1.27. The molecule has 176 valence electrons. The zero-order chi connectivity index (χ0) is 23.7. The number of hydrogen-bond donors (Lipinski definition) is 2. The van der Waals surface area contributed by atoms with Crippen molar-refractivity contribution in [1.29, 1.82) is 0 Å². The zero-order valence-electron chi connectivity index (χ0n) is 18.3. The van der Waals surface area contributed by atoms with E-state index in [1.165, 1.54) is 30.5 Å². The number of aromatic amines is 1. The van der Waals surface area contributed by atoms with Gasteiger partial charge in [-0.1, -0.05) is 18.2 Å². The molecular weight excluding hydrogens is 476 g/mol. The minimum Gasteiger partial charge on any atom is -0.490 e. The number of carbonyl (C=O) groups is 1. The van der Waals surface area contributed by atoms with Crippen molar-refractivity contribution in [2.75, 3.05) is 32.1 Å². The molecule has 4 aromatic rings. The van der Waals surface area contributed by atoms with Crippen LogP contribution >= 0.6 is 11.3 Å². The van der Waals surface area contributed by atoms with Crippen LogP contribution in [0.3, 0.4) is 0 Å². The van der Waals surface area contributed by atoms with Crippen LogP contribution in [-0.2, 0) is 14.8 Å². The van der Waals surface area contributed by atoms with Gasteiger partial charge < -0.3 is 19.8 Å². The molecule has 1 aliphatic rings. The first-order chi connectivity index (χ1) is 16.4. The molecule has 34 heavy (non-hydrogen) atoms. The monoisotopic (exact) mass is 498 g/mol. The second kappa shape index (κ2) is 9.09. The number of rotatable bonds is 6. The van der Waals surface area contributed by atoms with Crippen LogP contribution in [0.1, 0.15) is 6.42 Å². The van der Waals surface area contributed by atoms with Gasteiger partial charge in [0.15, 0.2) is 16.6 Å². The number of hydrogen-bond acceptors (Lipinski definition) is 7. The summed E-state index contributed by atoms with van der Waals surface area (Å²) in [6.45, 7) is 0.597. The second-order valence-electron chi connectivity index (χ2n) is 7.75. The number of amides is 1. The van der Waals surface area contributed by atoms with Gasteiger partial charge in [0.05, 0.1) is 30.3 Å². The molecule has 2 aromatic heterocycles. The summed E-state index contributed by atoms with van der Waals surface area (Å²) < 4.78 is 38.2. The Morgan fingerprint density at radius 2 is 1.97 bits per heavy atom. The molecule has 5 rings (SSSR count). The summed E-state index contributed by atoms with van der Waals surface area (Å²) in [6.07, 6.45) is 2.59. The Morgan fingerprint density at radius 1 is 1.18 bits per heavy atom. The van der Waals surface area contributed by atoms with Crippen molar-refractivity contribution in [3.8, 4) is 22.8 Å². The fourth-order valence-electron chi connectivity index (χ4n) is 3.67. The molecule has 0 saturated heterocycles. The number of benzene rings is 2. The van der Waals surface area contributed by atoms with Gasteiger partial charge in [0.25, 0.3) is 0 Å². The van der Waals surface area contributed by atoms with Crippen molar-refractivity contribution in [1.82, 2.24) is 14.3 Å². The van der Waals surface area contributed by atoms with Crippen LogP contribution in [0.15, 0.2) is 58.9 Å². The molecule has 1 aliphatic heterocycles. The highest BCUT2D eigenvalue weighted by Crippen LogP contribution is 2.33. The number of sulfonamides is 1. The Hall–Kier alpha value is -3.41. The van der Waals surface area contributed by atoms with Gasteiger partial charge >= 0.3 is 0 Å². The summed E-state index contributed by atoms with van der Waals surface area (Å²) in [4.78, 5) is 20.3. The molecule has 0 unspecified atom stereocenters. The lowest BCUT2D eigenvalue weighted by atomic mass is 10.1. The number of H-pyrrole nitrogens is 1. The van der Waals surface area contributed by atoms with Gasteiger partial charge in [0, 0.05) is 47.6 Å². The topological polar surface area (TPSA) is 114 Å². The van der Waals surface area contributed by atoms with E-state index < -0.39 is 15.9 Å². The first-order valence-corrected chi connectivity index (χ1v) is 12.9. The first-order valence-electron chi connectivity index (χ1n) is 10.6. The summed E-state index contributed by atoms with van der Waals surface area (Å²) in [5.74, 6) is 0.399. The standard InChI is InChI=1S/C23H22N4O5S2/c1-27(34(29,30)15-7-8-20-21(11-15)32-10-4-9-31-20)13-22(28)26-23-25-19(14-33-23)17-12-24-18-6-3-2-5-16(17)18/h2-3,5-8,11-12,14,24H,4,9-10,13H2,1H3,(H,25,26,28). The number of nitrogens with one attached hydrogen (secondary N) is 2. The Labute approximate surface area is 200 Å². The van der Waals surface area contributed by atoms with Crippen molar-refractivity contribution < 1.29 is 22.7 Å². The molecular formula is C23H22N4O5S2. The molecule has 2 N–H and O–H groups in total. The highest BCUT2D eigenvalue weighted by atomic mass is 32.2. The predicted octanol–water partition coefficient (Wildman–Crippen LogP) is 3.71. The van der Waals surface area contributed by atoms with E-state index >= 15 is 0 Å². The van der Waals surface area contributed by atoms with E-state index in [-0.39, 0.29) is 11.4 Å². The third kappa shape index (κ3) is 4.37. The third-order valence-corrected chi connectivity index (χ3v) is 7.97. The van der Waals surface area contributed by atoms with E-state index in [0.717, 1.165) is 32.9 Å². The minimum absolute atomic E-state index is 0.0305. The van der Waals surface area contributed by atoms with Crippen molar-refractivity contribution >= 4 is 43.3 Å². The lowest BCUT2D eigenvalue weighted by molar-refractivity contribution is -0.116. The number of carbonyl (C=O) groups excluding carboxylic acids is 1. The van der Waals surface area contributed by atoms with Gasteiger partial charge in [-0.3, -0.25) is 4.79 Å². The second-order valence-corrected chi connectivity index (χ2v) is 10.7. The Kier molecular flexibility index (Phi) is 5.98. The lowest BCUT2D eigenvalue weighted by Crippen LogP contribution is -2.35. The first kappa shape index (κ1) is 22.4. The summed E-state index contributed by atoms with van der Waals surface area (Å²) >= 11 is 1.28. The number of anilines is 1. The molecule has 0 saturated carbocycles. The van der Waals surface area contributed by atoms with Gasteiger partial charge in [-0.15, -0.1) is 11.3 Å². The van der Waals surface area contributed by atoms with E-state index in [1.807, 2.05) is 35.8 Å². The molecule has 0 aliphatic carbocycles. The maximum atomic E-state index is 13.0. The van der Waals surface area contributed by atoms with Crippen molar-refractivity contribution in [2.24, 2.45) is 0 Å². The summed E-state index contributed by atoms with van der Waals surface area (Å²) in [5.41, 5.74) is 2.66. The predicted molar refractivity (Wildman–Crippen MR) is 130 cm³/mol. The average Bonchev–Trinajstić information content (AvgIpc) is 3.38. The van der Waals surface area contributed by atoms with Crippen molar-refractivity contribution in [2.45, 2.75) is 11.3 Å². The molecule has 11 heteroatoms. The number of likely N-dealkylation sites (N-methyl/N-ethyl adjacent to an activating group) is 1. The normalized spacial score (nSPS) is 13.7. The van der Waals surface area contributed by atoms with Crippen molar-refractivity contribution in [3.63, 3.8) is 0 Å². The molecule has 1 amide bonds. The van der Waals surface area contributed by atoms with Crippen LogP contribution in [0.2, 0.25) is 0 Å². The quantitative estimate of drug-likeness (QED) is 0.419. The van der Waals surface area contributed by atoms with Gasteiger partial charge in [-0.25, -0.2) is 13.4 Å². The minimum atomic E-state index is -3.91. The summed E-state index contributed by atoms with van der Waals surface area (Å²) in [7, 11) is -2.55. The van der Waals surface area contributed by atoms with Crippen LogP contribution in [0.4, 0.5) is 5.13 Å². The number of ether oxygens (including phenoxy) is 2. The van der Waals surface area contributed by atoms with E-state index in [2.05, 4.69) is 15.3 Å². The van der Waals surface area contributed by atoms with Crippen LogP contribution in [0, 0.1) is 0 Å². The highest BCUT2D eigenvalue weighted by molar-refractivity contribution is 7.89. The molecule has 3 heterocycles. The maximum absolute atomic E-state index is 13.0. The number of para-hydroxylation sites is 1. The summed E-state index contributed by atoms with van der Waals surface area (Å²) in [5, 5.41) is 5.97. The van der Waals surface area contributed by atoms with Gasteiger partial charge in [-0.2, -0.15) is 4.31 Å². The largest absolute Gasteiger partial charge is 0.490 e. The molecule has 0 spiro atoms.